The minimum atomic E-state index is -4.47. The van der Waals surface area contributed by atoms with Crippen LogP contribution < -0.4 is 0 Å². The van der Waals surface area contributed by atoms with Crippen molar-refractivity contribution in [2.45, 2.75) is 6.18 Å². The molecule has 0 heterocycles. The summed E-state index contributed by atoms with van der Waals surface area (Å²) in [5.74, 6) is -1.98. The zero-order valence-corrected chi connectivity index (χ0v) is 9.36. The summed E-state index contributed by atoms with van der Waals surface area (Å²) in [7, 11) is 1.03. The van der Waals surface area contributed by atoms with Gasteiger partial charge in [0.2, 0.25) is 0 Å². The van der Waals surface area contributed by atoms with E-state index in [0.29, 0.717) is 4.90 Å². The topological polar surface area (TPSA) is 57.6 Å². The second-order valence-electron chi connectivity index (χ2n) is 3.66. The summed E-state index contributed by atoms with van der Waals surface area (Å²) in [6.45, 7) is -1.35. The normalized spacial score (nSPS) is 11.1. The molecule has 1 N–H and O–H groups in total. The highest BCUT2D eigenvalue weighted by molar-refractivity contribution is 5.95. The standard InChI is InChI=1S/C11H10F3NO3/c1-15(6-11(12,13)14)9(16)7-2-4-8(5-3-7)10(17)18/h2-5H,6H2,1H3,(H,17,18). The van der Waals surface area contributed by atoms with Crippen molar-refractivity contribution in [3.05, 3.63) is 35.4 Å². The molecule has 0 unspecified atom stereocenters. The Hall–Kier alpha value is -2.05. The first-order chi connectivity index (χ1) is 8.20. The van der Waals surface area contributed by atoms with Gasteiger partial charge in [-0.15, -0.1) is 0 Å². The number of hydrogen-bond acceptors (Lipinski definition) is 2. The Morgan fingerprint density at radius 3 is 2.00 bits per heavy atom. The van der Waals surface area contributed by atoms with Gasteiger partial charge >= 0.3 is 12.1 Å². The first kappa shape index (κ1) is 14.0. The third-order valence-corrected chi connectivity index (χ3v) is 2.14. The molecule has 0 aliphatic heterocycles. The third kappa shape index (κ3) is 3.76. The Balaban J connectivity index is 2.81. The largest absolute Gasteiger partial charge is 0.478 e. The zero-order valence-electron chi connectivity index (χ0n) is 9.36. The summed E-state index contributed by atoms with van der Waals surface area (Å²) in [6.07, 6.45) is -4.47. The van der Waals surface area contributed by atoms with E-state index in [-0.39, 0.29) is 11.1 Å². The van der Waals surface area contributed by atoms with Gasteiger partial charge in [0.25, 0.3) is 5.91 Å². The van der Waals surface area contributed by atoms with Crippen molar-refractivity contribution in [2.75, 3.05) is 13.6 Å². The second-order valence-corrected chi connectivity index (χ2v) is 3.66. The molecular weight excluding hydrogens is 251 g/mol. The Labute approximate surface area is 101 Å². The summed E-state index contributed by atoms with van der Waals surface area (Å²) in [6, 6.07) is 4.69. The van der Waals surface area contributed by atoms with Crippen molar-refractivity contribution >= 4 is 11.9 Å². The third-order valence-electron chi connectivity index (χ3n) is 2.14. The fourth-order valence-electron chi connectivity index (χ4n) is 1.32. The van der Waals surface area contributed by atoms with Crippen LogP contribution in [0.5, 0.6) is 0 Å². The predicted octanol–water partition coefficient (Wildman–Crippen LogP) is 2.02. The van der Waals surface area contributed by atoms with Crippen LogP contribution in [0.25, 0.3) is 0 Å². The first-order valence-corrected chi connectivity index (χ1v) is 4.86. The maximum absolute atomic E-state index is 12.1. The minimum Gasteiger partial charge on any atom is -0.478 e. The van der Waals surface area contributed by atoms with Gasteiger partial charge in [-0.2, -0.15) is 13.2 Å². The lowest BCUT2D eigenvalue weighted by atomic mass is 10.1. The Morgan fingerprint density at radius 1 is 1.17 bits per heavy atom. The maximum Gasteiger partial charge on any atom is 0.406 e. The number of benzene rings is 1. The molecule has 0 atom stereocenters. The van der Waals surface area contributed by atoms with E-state index in [4.69, 9.17) is 5.11 Å². The Kier molecular flexibility index (Phi) is 3.95. The van der Waals surface area contributed by atoms with E-state index in [9.17, 15) is 22.8 Å². The van der Waals surface area contributed by atoms with Gasteiger partial charge in [0, 0.05) is 12.6 Å². The molecule has 0 aliphatic carbocycles. The molecule has 98 valence electrons. The van der Waals surface area contributed by atoms with E-state index in [1.807, 2.05) is 0 Å². The molecule has 0 fully saturated rings. The summed E-state index contributed by atoms with van der Waals surface area (Å²) >= 11 is 0. The summed E-state index contributed by atoms with van der Waals surface area (Å²) in [5, 5.41) is 8.63. The molecule has 18 heavy (non-hydrogen) atoms. The molecule has 0 bridgehead atoms. The zero-order chi connectivity index (χ0) is 13.9. The van der Waals surface area contributed by atoms with E-state index in [1.54, 1.807) is 0 Å². The fraction of sp³-hybridized carbons (Fsp3) is 0.273. The molecule has 1 rings (SSSR count). The van der Waals surface area contributed by atoms with Crippen molar-refractivity contribution < 1.29 is 27.9 Å². The molecule has 7 heteroatoms. The van der Waals surface area contributed by atoms with Gasteiger partial charge in [-0.25, -0.2) is 4.79 Å². The molecule has 1 aromatic carbocycles. The lowest BCUT2D eigenvalue weighted by Gasteiger charge is -2.18. The lowest BCUT2D eigenvalue weighted by molar-refractivity contribution is -0.138. The number of nitrogens with zero attached hydrogens (tertiary/aromatic N) is 1. The SMILES string of the molecule is CN(CC(F)(F)F)C(=O)c1ccc(C(=O)O)cc1. The van der Waals surface area contributed by atoms with Crippen LogP contribution in [0.3, 0.4) is 0 Å². The van der Waals surface area contributed by atoms with E-state index >= 15 is 0 Å². The van der Waals surface area contributed by atoms with E-state index in [2.05, 4.69) is 0 Å². The van der Waals surface area contributed by atoms with Gasteiger partial charge in [-0.3, -0.25) is 4.79 Å². The van der Waals surface area contributed by atoms with Crippen molar-refractivity contribution in [1.29, 1.82) is 0 Å². The quantitative estimate of drug-likeness (QED) is 0.905. The van der Waals surface area contributed by atoms with Gasteiger partial charge in [-0.05, 0) is 24.3 Å². The molecular formula is C11H10F3NO3. The van der Waals surface area contributed by atoms with Gasteiger partial charge in [0.1, 0.15) is 6.54 Å². The van der Waals surface area contributed by atoms with Crippen LogP contribution in [-0.4, -0.2) is 41.7 Å². The lowest BCUT2D eigenvalue weighted by Crippen LogP contribution is -2.35. The molecule has 4 nitrogen and oxygen atoms in total. The van der Waals surface area contributed by atoms with Crippen LogP contribution in [0.1, 0.15) is 20.7 Å². The van der Waals surface area contributed by atoms with Crippen molar-refractivity contribution in [1.82, 2.24) is 4.90 Å². The Bertz CT molecular complexity index is 454. The van der Waals surface area contributed by atoms with Crippen LogP contribution in [0.4, 0.5) is 13.2 Å². The van der Waals surface area contributed by atoms with E-state index < -0.39 is 24.6 Å². The highest BCUT2D eigenvalue weighted by Gasteiger charge is 2.31. The number of carboxylic acids is 1. The van der Waals surface area contributed by atoms with E-state index in [0.717, 1.165) is 19.2 Å². The summed E-state index contributed by atoms with van der Waals surface area (Å²) < 4.78 is 36.2. The molecule has 0 radical (unpaired) electrons. The summed E-state index contributed by atoms with van der Waals surface area (Å²) in [4.78, 5) is 22.7. The summed E-state index contributed by atoms with van der Waals surface area (Å²) in [5.41, 5.74) is -0.0308. The highest BCUT2D eigenvalue weighted by atomic mass is 19.4. The highest BCUT2D eigenvalue weighted by Crippen LogP contribution is 2.17. The molecule has 1 amide bonds. The van der Waals surface area contributed by atoms with Crippen molar-refractivity contribution in [3.63, 3.8) is 0 Å². The van der Waals surface area contributed by atoms with Crippen LogP contribution in [0.2, 0.25) is 0 Å². The molecule has 0 aliphatic rings. The fourth-order valence-corrected chi connectivity index (χ4v) is 1.32. The molecule has 0 saturated heterocycles. The van der Waals surface area contributed by atoms with Crippen molar-refractivity contribution in [2.24, 2.45) is 0 Å². The number of aromatic carboxylic acids is 1. The smallest absolute Gasteiger partial charge is 0.406 e. The number of rotatable bonds is 3. The average molecular weight is 261 g/mol. The number of halogens is 3. The first-order valence-electron chi connectivity index (χ1n) is 4.86. The van der Waals surface area contributed by atoms with Gasteiger partial charge in [-0.1, -0.05) is 0 Å². The Morgan fingerprint density at radius 2 is 1.61 bits per heavy atom. The van der Waals surface area contributed by atoms with Crippen molar-refractivity contribution in [3.8, 4) is 0 Å². The van der Waals surface area contributed by atoms with Gasteiger partial charge in [0.05, 0.1) is 5.56 Å². The van der Waals surface area contributed by atoms with Crippen LogP contribution >= 0.6 is 0 Å². The molecule has 0 aromatic heterocycles. The number of hydrogen-bond donors (Lipinski definition) is 1. The maximum atomic E-state index is 12.1. The van der Waals surface area contributed by atoms with Gasteiger partial charge in [0.15, 0.2) is 0 Å². The average Bonchev–Trinajstić information content (AvgIpc) is 2.26. The molecule has 0 spiro atoms. The van der Waals surface area contributed by atoms with E-state index in [1.165, 1.54) is 12.1 Å². The molecule has 1 aromatic rings. The second kappa shape index (κ2) is 5.07. The number of carboxylic acid groups (broad SMARTS) is 1. The monoisotopic (exact) mass is 261 g/mol. The molecule has 0 saturated carbocycles. The number of carbonyl (C=O) groups is 2. The predicted molar refractivity (Wildman–Crippen MR) is 56.4 cm³/mol. The number of alkyl halides is 3. The minimum absolute atomic E-state index is 0.00625. The van der Waals surface area contributed by atoms with Crippen LogP contribution in [0, 0.1) is 0 Å². The van der Waals surface area contributed by atoms with Crippen LogP contribution in [-0.2, 0) is 0 Å². The van der Waals surface area contributed by atoms with Gasteiger partial charge < -0.3 is 10.0 Å². The van der Waals surface area contributed by atoms with Crippen LogP contribution in [0.15, 0.2) is 24.3 Å². The number of carbonyl (C=O) groups excluding carboxylic acids is 1. The number of amides is 1.